The number of hydrogen-bond acceptors (Lipinski definition) is 5. The number of carboxylic acids is 1. The number of rotatable bonds is 8. The summed E-state index contributed by atoms with van der Waals surface area (Å²) in [4.78, 5) is 23.8. The van der Waals surface area contributed by atoms with E-state index >= 15 is 0 Å². The van der Waals surface area contributed by atoms with Crippen LogP contribution in [0.1, 0.15) is 41.6 Å². The molecule has 1 aliphatic carbocycles. The van der Waals surface area contributed by atoms with E-state index in [4.69, 9.17) is 15.2 Å². The fourth-order valence-electron chi connectivity index (χ4n) is 4.71. The Morgan fingerprint density at radius 2 is 1.45 bits per heavy atom. The van der Waals surface area contributed by atoms with Crippen molar-refractivity contribution in [3.63, 3.8) is 0 Å². The third-order valence-electron chi connectivity index (χ3n) is 6.76. The smallest absolute Gasteiger partial charge is 0.337 e. The van der Waals surface area contributed by atoms with Gasteiger partial charge in [0, 0.05) is 6.04 Å². The van der Waals surface area contributed by atoms with Gasteiger partial charge in [0.15, 0.2) is 0 Å². The van der Waals surface area contributed by atoms with E-state index in [1.165, 1.54) is 6.07 Å². The number of amides is 1. The fraction of sp³-hybridized carbons (Fsp3) is 0.226. The van der Waals surface area contributed by atoms with Gasteiger partial charge < -0.3 is 25.6 Å². The molecule has 0 saturated heterocycles. The first kappa shape index (κ1) is 25.3. The average molecular weight is 511 g/mol. The average Bonchev–Trinajstić information content (AvgIpc) is 2.91. The molecule has 0 aromatic heterocycles. The zero-order valence-corrected chi connectivity index (χ0v) is 20.9. The van der Waals surface area contributed by atoms with Crippen molar-refractivity contribution in [3.05, 3.63) is 96.1 Å². The maximum atomic E-state index is 12.5. The van der Waals surface area contributed by atoms with Gasteiger partial charge in [-0.25, -0.2) is 4.79 Å². The monoisotopic (exact) mass is 510 g/mol. The Morgan fingerprint density at radius 3 is 2.16 bits per heavy atom. The highest BCUT2D eigenvalue weighted by molar-refractivity contribution is 6.01. The summed E-state index contributed by atoms with van der Waals surface area (Å²) < 4.78 is 12.2. The van der Waals surface area contributed by atoms with Gasteiger partial charge in [0.2, 0.25) is 5.91 Å². The number of hydrogen-bond donors (Lipinski definition) is 3. The molecule has 194 valence electrons. The van der Waals surface area contributed by atoms with E-state index < -0.39 is 5.97 Å². The predicted octanol–water partition coefficient (Wildman–Crippen LogP) is 6.16. The van der Waals surface area contributed by atoms with Crippen LogP contribution in [0, 0.1) is 0 Å². The van der Waals surface area contributed by atoms with E-state index in [2.05, 4.69) is 11.4 Å². The van der Waals surface area contributed by atoms with Crippen molar-refractivity contribution >= 4 is 28.3 Å². The summed E-state index contributed by atoms with van der Waals surface area (Å²) in [7, 11) is 0. The number of para-hydroxylation sites is 1. The third kappa shape index (κ3) is 6.30. The van der Waals surface area contributed by atoms with Crippen LogP contribution in [0.2, 0.25) is 0 Å². The first-order valence-electron chi connectivity index (χ1n) is 12.8. The lowest BCUT2D eigenvalue weighted by Crippen LogP contribution is -2.31. The second-order valence-corrected chi connectivity index (χ2v) is 9.65. The number of carbonyl (C=O) groups excluding carboxylic acids is 1. The molecule has 7 nitrogen and oxygen atoms in total. The second kappa shape index (κ2) is 11.4. The van der Waals surface area contributed by atoms with Gasteiger partial charge in [-0.3, -0.25) is 4.79 Å². The Kier molecular flexibility index (Phi) is 7.56. The topological polar surface area (TPSA) is 111 Å². The van der Waals surface area contributed by atoms with Gasteiger partial charge in [-0.15, -0.1) is 0 Å². The van der Waals surface area contributed by atoms with Gasteiger partial charge >= 0.3 is 5.97 Å². The zero-order chi connectivity index (χ0) is 26.5. The SMILES string of the molecule is NC1CCC(Oc2ccc3cc(Oc4ccc(CC(=O)Nc5ccccc5C(=O)O)cc4)ccc3c2)CC1. The van der Waals surface area contributed by atoms with Crippen LogP contribution in [0.15, 0.2) is 84.9 Å². The van der Waals surface area contributed by atoms with Gasteiger partial charge in [0.25, 0.3) is 0 Å². The molecule has 7 heteroatoms. The van der Waals surface area contributed by atoms with E-state index in [9.17, 15) is 14.7 Å². The number of ether oxygens (including phenoxy) is 2. The molecule has 38 heavy (non-hydrogen) atoms. The van der Waals surface area contributed by atoms with Crippen molar-refractivity contribution in [2.24, 2.45) is 5.73 Å². The molecule has 0 radical (unpaired) electrons. The molecule has 4 aromatic rings. The van der Waals surface area contributed by atoms with Crippen LogP contribution in [0.4, 0.5) is 5.69 Å². The summed E-state index contributed by atoms with van der Waals surface area (Å²) in [5, 5.41) is 14.1. The molecular weight excluding hydrogens is 480 g/mol. The highest BCUT2D eigenvalue weighted by Gasteiger charge is 2.20. The lowest BCUT2D eigenvalue weighted by molar-refractivity contribution is -0.115. The van der Waals surface area contributed by atoms with Crippen LogP contribution in [0.5, 0.6) is 17.2 Å². The summed E-state index contributed by atoms with van der Waals surface area (Å²) in [5.74, 6) is 0.855. The van der Waals surface area contributed by atoms with Gasteiger partial charge in [0.1, 0.15) is 17.2 Å². The molecule has 1 fully saturated rings. The van der Waals surface area contributed by atoms with E-state index in [1.54, 1.807) is 18.2 Å². The molecule has 4 N–H and O–H groups in total. The Morgan fingerprint density at radius 1 is 0.816 bits per heavy atom. The highest BCUT2D eigenvalue weighted by atomic mass is 16.5. The lowest BCUT2D eigenvalue weighted by Gasteiger charge is -2.26. The molecule has 0 unspecified atom stereocenters. The molecule has 0 heterocycles. The van der Waals surface area contributed by atoms with Crippen molar-refractivity contribution in [2.75, 3.05) is 5.32 Å². The predicted molar refractivity (Wildman–Crippen MR) is 147 cm³/mol. The van der Waals surface area contributed by atoms with E-state index in [0.29, 0.717) is 17.5 Å². The normalized spacial score (nSPS) is 17.1. The summed E-state index contributed by atoms with van der Waals surface area (Å²) in [6.07, 6.45) is 4.34. The van der Waals surface area contributed by atoms with Gasteiger partial charge in [0.05, 0.1) is 23.8 Å². The molecule has 0 spiro atoms. The van der Waals surface area contributed by atoms with E-state index in [-0.39, 0.29) is 29.7 Å². The number of carbonyl (C=O) groups is 2. The maximum absolute atomic E-state index is 12.5. The van der Waals surface area contributed by atoms with Gasteiger partial charge in [-0.1, -0.05) is 36.4 Å². The maximum Gasteiger partial charge on any atom is 0.337 e. The van der Waals surface area contributed by atoms with Crippen LogP contribution in [0.3, 0.4) is 0 Å². The van der Waals surface area contributed by atoms with Crippen LogP contribution >= 0.6 is 0 Å². The quantitative estimate of drug-likeness (QED) is 0.262. The van der Waals surface area contributed by atoms with Crippen molar-refractivity contribution in [1.29, 1.82) is 0 Å². The van der Waals surface area contributed by atoms with Crippen LogP contribution in [-0.4, -0.2) is 29.1 Å². The lowest BCUT2D eigenvalue weighted by atomic mass is 9.94. The van der Waals surface area contributed by atoms with Crippen molar-refractivity contribution in [3.8, 4) is 17.2 Å². The largest absolute Gasteiger partial charge is 0.490 e. The number of carboxylic acid groups (broad SMARTS) is 1. The minimum Gasteiger partial charge on any atom is -0.490 e. The Balaban J connectivity index is 1.18. The molecule has 1 saturated carbocycles. The minimum absolute atomic E-state index is 0.0538. The van der Waals surface area contributed by atoms with Crippen molar-refractivity contribution < 1.29 is 24.2 Å². The van der Waals surface area contributed by atoms with E-state index in [0.717, 1.165) is 47.8 Å². The van der Waals surface area contributed by atoms with Crippen LogP contribution in [0.25, 0.3) is 10.8 Å². The third-order valence-corrected chi connectivity index (χ3v) is 6.76. The molecule has 4 aromatic carbocycles. The summed E-state index contributed by atoms with van der Waals surface area (Å²) in [5.41, 5.74) is 7.12. The summed E-state index contributed by atoms with van der Waals surface area (Å²) in [6.45, 7) is 0. The van der Waals surface area contributed by atoms with Crippen molar-refractivity contribution in [1.82, 2.24) is 0 Å². The Hall–Kier alpha value is -4.36. The minimum atomic E-state index is -1.09. The Bertz CT molecular complexity index is 1440. The molecular formula is C31H30N2O5. The van der Waals surface area contributed by atoms with Gasteiger partial charge in [-0.05, 0) is 90.6 Å². The molecule has 1 aliphatic rings. The zero-order valence-electron chi connectivity index (χ0n) is 20.9. The number of nitrogens with two attached hydrogens (primary N) is 1. The number of anilines is 1. The number of aromatic carboxylic acids is 1. The molecule has 0 atom stereocenters. The van der Waals surface area contributed by atoms with Crippen LogP contribution < -0.4 is 20.5 Å². The van der Waals surface area contributed by atoms with E-state index in [1.807, 2.05) is 54.6 Å². The first-order chi connectivity index (χ1) is 18.4. The van der Waals surface area contributed by atoms with Gasteiger partial charge in [-0.2, -0.15) is 0 Å². The second-order valence-electron chi connectivity index (χ2n) is 9.65. The highest BCUT2D eigenvalue weighted by Crippen LogP contribution is 2.30. The number of benzene rings is 4. The molecule has 5 rings (SSSR count). The summed E-state index contributed by atoms with van der Waals surface area (Å²) in [6, 6.07) is 25.9. The standard InChI is InChI=1S/C31H30N2O5/c32-23-9-15-25(16-10-23)38-27-14-8-21-18-26(13-7-22(21)19-27)37-24-11-5-20(6-12-24)17-30(34)33-29-4-2-1-3-28(29)31(35)36/h1-8,11-14,18-19,23,25H,9-10,15-17,32H2,(H,33,34)(H,35,36). The molecule has 0 aliphatic heterocycles. The van der Waals surface area contributed by atoms with Crippen molar-refractivity contribution in [2.45, 2.75) is 44.2 Å². The number of fused-ring (bicyclic) bond motifs is 1. The molecule has 0 bridgehead atoms. The first-order valence-corrected chi connectivity index (χ1v) is 12.8. The fourth-order valence-corrected chi connectivity index (χ4v) is 4.71. The molecule has 1 amide bonds. The van der Waals surface area contributed by atoms with Crippen LogP contribution in [-0.2, 0) is 11.2 Å². The number of nitrogens with one attached hydrogen (secondary N) is 1. The summed E-state index contributed by atoms with van der Waals surface area (Å²) >= 11 is 0. The Labute approximate surface area is 221 Å².